The molecule has 0 aromatic heterocycles. The average Bonchev–Trinajstić information content (AvgIpc) is 2.47. The van der Waals surface area contributed by atoms with E-state index in [4.69, 9.17) is 4.74 Å². The van der Waals surface area contributed by atoms with Crippen LogP contribution in [0.15, 0.2) is 54.6 Å². The summed E-state index contributed by atoms with van der Waals surface area (Å²) in [6.45, 7) is 3.70. The lowest BCUT2D eigenvalue weighted by Gasteiger charge is -2.05. The van der Waals surface area contributed by atoms with E-state index < -0.39 is 0 Å². The number of benzene rings is 2. The zero-order valence-corrected chi connectivity index (χ0v) is 11.6. The van der Waals surface area contributed by atoms with Gasteiger partial charge in [0.25, 0.3) is 0 Å². The first-order valence-corrected chi connectivity index (χ1v) is 7.08. The van der Waals surface area contributed by atoms with Crippen LogP contribution in [0.25, 0.3) is 0 Å². The Labute approximate surface area is 116 Å². The van der Waals surface area contributed by atoms with Gasteiger partial charge in [-0.15, -0.1) is 0 Å². The van der Waals surface area contributed by atoms with E-state index in [1.807, 2.05) is 18.2 Å². The molecule has 2 aromatic rings. The third kappa shape index (κ3) is 4.88. The summed E-state index contributed by atoms with van der Waals surface area (Å²) < 4.78 is 5.70. The number of hydrogen-bond donors (Lipinski definition) is 0. The first kappa shape index (κ1) is 13.8. The van der Waals surface area contributed by atoms with Gasteiger partial charge in [0.1, 0.15) is 0 Å². The molecular weight excluding hydrogens is 232 g/mol. The van der Waals surface area contributed by atoms with E-state index in [0.717, 1.165) is 13.0 Å². The molecule has 1 nitrogen and oxygen atoms in total. The zero-order valence-electron chi connectivity index (χ0n) is 11.6. The van der Waals surface area contributed by atoms with Crippen LogP contribution < -0.4 is 0 Å². The van der Waals surface area contributed by atoms with Gasteiger partial charge in [-0.25, -0.2) is 0 Å². The molecule has 0 atom stereocenters. The van der Waals surface area contributed by atoms with Crippen LogP contribution >= 0.6 is 0 Å². The Kier molecular flexibility index (Phi) is 5.64. The normalized spacial score (nSPS) is 10.6. The van der Waals surface area contributed by atoms with Crippen molar-refractivity contribution < 1.29 is 4.74 Å². The fourth-order valence-corrected chi connectivity index (χ4v) is 2.12. The predicted octanol–water partition coefficient (Wildman–Crippen LogP) is 4.40. The van der Waals surface area contributed by atoms with Crippen molar-refractivity contribution in [3.63, 3.8) is 0 Å². The Balaban J connectivity index is 1.70. The third-order valence-corrected chi connectivity index (χ3v) is 3.21. The molecule has 0 aliphatic rings. The average molecular weight is 254 g/mol. The highest BCUT2D eigenvalue weighted by atomic mass is 16.5. The molecule has 1 heteroatoms. The number of hydrogen-bond acceptors (Lipinski definition) is 1. The molecule has 0 bridgehead atoms. The van der Waals surface area contributed by atoms with E-state index in [0.29, 0.717) is 6.61 Å². The van der Waals surface area contributed by atoms with Crippen molar-refractivity contribution >= 4 is 0 Å². The van der Waals surface area contributed by atoms with Gasteiger partial charge in [-0.2, -0.15) is 0 Å². The highest BCUT2D eigenvalue weighted by Gasteiger charge is 1.96. The lowest BCUT2D eigenvalue weighted by molar-refractivity contribution is 0.124. The van der Waals surface area contributed by atoms with Crippen LogP contribution in [0.3, 0.4) is 0 Å². The van der Waals surface area contributed by atoms with Crippen LogP contribution in [-0.2, 0) is 24.2 Å². The Morgan fingerprint density at radius 2 is 1.37 bits per heavy atom. The van der Waals surface area contributed by atoms with Crippen molar-refractivity contribution in [2.75, 3.05) is 6.61 Å². The molecule has 0 heterocycles. The van der Waals surface area contributed by atoms with Gasteiger partial charge in [-0.1, -0.05) is 67.9 Å². The number of ether oxygens (including phenoxy) is 1. The van der Waals surface area contributed by atoms with E-state index in [2.05, 4.69) is 43.3 Å². The van der Waals surface area contributed by atoms with Gasteiger partial charge in [0.15, 0.2) is 0 Å². The molecule has 100 valence electrons. The van der Waals surface area contributed by atoms with Gasteiger partial charge in [0, 0.05) is 0 Å². The minimum absolute atomic E-state index is 0.703. The summed E-state index contributed by atoms with van der Waals surface area (Å²) in [5.41, 5.74) is 4.02. The third-order valence-electron chi connectivity index (χ3n) is 3.21. The molecule has 0 aliphatic carbocycles. The molecule has 0 spiro atoms. The van der Waals surface area contributed by atoms with E-state index in [1.54, 1.807) is 0 Å². The minimum atomic E-state index is 0.703. The summed E-state index contributed by atoms with van der Waals surface area (Å²) in [5.74, 6) is 0. The fraction of sp³-hybridized carbons (Fsp3) is 0.333. The summed E-state index contributed by atoms with van der Waals surface area (Å²) in [7, 11) is 0. The van der Waals surface area contributed by atoms with Gasteiger partial charge in [0.2, 0.25) is 0 Å². The maximum atomic E-state index is 5.70. The molecule has 0 aliphatic heterocycles. The summed E-state index contributed by atoms with van der Waals surface area (Å²) in [4.78, 5) is 0. The molecule has 2 aromatic carbocycles. The van der Waals surface area contributed by atoms with Crippen LogP contribution in [0.4, 0.5) is 0 Å². The molecule has 0 saturated carbocycles. The first-order chi connectivity index (χ1) is 9.38. The lowest BCUT2D eigenvalue weighted by Crippen LogP contribution is -1.99. The molecule has 0 fully saturated rings. The van der Waals surface area contributed by atoms with E-state index >= 15 is 0 Å². The predicted molar refractivity (Wildman–Crippen MR) is 80.2 cm³/mol. The standard InChI is InChI=1S/C18H22O/c1-2-6-16-9-11-17(12-10-16)13-14-19-15-18-7-4-3-5-8-18/h3-5,7-12H,2,6,13-15H2,1H3. The van der Waals surface area contributed by atoms with Crippen molar-refractivity contribution in [1.82, 2.24) is 0 Å². The van der Waals surface area contributed by atoms with Crippen LogP contribution in [0.2, 0.25) is 0 Å². The summed E-state index contributed by atoms with van der Waals surface area (Å²) in [6.07, 6.45) is 3.36. The summed E-state index contributed by atoms with van der Waals surface area (Å²) in [5, 5.41) is 0. The van der Waals surface area contributed by atoms with Crippen LogP contribution in [-0.4, -0.2) is 6.61 Å². The van der Waals surface area contributed by atoms with Crippen molar-refractivity contribution in [3.8, 4) is 0 Å². The van der Waals surface area contributed by atoms with E-state index in [-0.39, 0.29) is 0 Å². The second-order valence-corrected chi connectivity index (χ2v) is 4.85. The quantitative estimate of drug-likeness (QED) is 0.665. The van der Waals surface area contributed by atoms with Crippen molar-refractivity contribution in [1.29, 1.82) is 0 Å². The van der Waals surface area contributed by atoms with Crippen LogP contribution in [0.1, 0.15) is 30.0 Å². The Bertz CT molecular complexity index is 459. The molecule has 0 radical (unpaired) electrons. The van der Waals surface area contributed by atoms with Crippen molar-refractivity contribution in [2.24, 2.45) is 0 Å². The van der Waals surface area contributed by atoms with E-state index in [9.17, 15) is 0 Å². The molecule has 0 N–H and O–H groups in total. The molecule has 19 heavy (non-hydrogen) atoms. The minimum Gasteiger partial charge on any atom is -0.376 e. The zero-order chi connectivity index (χ0) is 13.3. The van der Waals surface area contributed by atoms with Crippen LogP contribution in [0.5, 0.6) is 0 Å². The molecule has 0 saturated heterocycles. The maximum Gasteiger partial charge on any atom is 0.0717 e. The number of rotatable bonds is 7. The molecule has 0 amide bonds. The fourth-order valence-electron chi connectivity index (χ4n) is 2.12. The molecular formula is C18H22O. The van der Waals surface area contributed by atoms with Crippen molar-refractivity contribution in [2.45, 2.75) is 32.8 Å². The lowest BCUT2D eigenvalue weighted by atomic mass is 10.1. The Hall–Kier alpha value is -1.60. The van der Waals surface area contributed by atoms with Gasteiger partial charge in [-0.05, 0) is 29.5 Å². The second-order valence-electron chi connectivity index (χ2n) is 4.85. The van der Waals surface area contributed by atoms with Crippen LogP contribution in [0, 0.1) is 0 Å². The monoisotopic (exact) mass is 254 g/mol. The summed E-state index contributed by atoms with van der Waals surface area (Å²) >= 11 is 0. The van der Waals surface area contributed by atoms with Gasteiger partial charge in [0.05, 0.1) is 13.2 Å². The van der Waals surface area contributed by atoms with Gasteiger partial charge in [-0.3, -0.25) is 0 Å². The highest BCUT2D eigenvalue weighted by molar-refractivity contribution is 5.22. The maximum absolute atomic E-state index is 5.70. The Morgan fingerprint density at radius 1 is 0.737 bits per heavy atom. The smallest absolute Gasteiger partial charge is 0.0717 e. The second kappa shape index (κ2) is 7.75. The van der Waals surface area contributed by atoms with Gasteiger partial charge < -0.3 is 4.74 Å². The summed E-state index contributed by atoms with van der Waals surface area (Å²) in [6, 6.07) is 19.2. The van der Waals surface area contributed by atoms with Gasteiger partial charge >= 0.3 is 0 Å². The largest absolute Gasteiger partial charge is 0.376 e. The number of aryl methyl sites for hydroxylation is 1. The Morgan fingerprint density at radius 3 is 2.00 bits per heavy atom. The molecule has 0 unspecified atom stereocenters. The highest BCUT2D eigenvalue weighted by Crippen LogP contribution is 2.08. The van der Waals surface area contributed by atoms with E-state index in [1.165, 1.54) is 29.5 Å². The topological polar surface area (TPSA) is 9.23 Å². The first-order valence-electron chi connectivity index (χ1n) is 7.08. The SMILES string of the molecule is CCCc1ccc(CCOCc2ccccc2)cc1. The molecule has 2 rings (SSSR count). The van der Waals surface area contributed by atoms with Crippen molar-refractivity contribution in [3.05, 3.63) is 71.3 Å².